The maximum atomic E-state index is 13.1. The number of aryl methyl sites for hydroxylation is 4. The monoisotopic (exact) mass is 1420 g/mol. The Morgan fingerprint density at radius 3 is 1.52 bits per heavy atom. The van der Waals surface area contributed by atoms with E-state index >= 15 is 0 Å². The second-order valence-electron chi connectivity index (χ2n) is 28.1. The minimum absolute atomic E-state index is 0.0219. The number of amides is 2. The lowest BCUT2D eigenvalue weighted by Crippen LogP contribution is -2.50. The number of nitrogens with one attached hydrogen (secondary N) is 1. The molecule has 0 saturated carbocycles. The molecule has 0 radical (unpaired) electrons. The molecule has 0 aliphatic carbocycles. The molecular formula is C69H92N20O8SSi2. The van der Waals surface area contributed by atoms with Crippen molar-refractivity contribution in [3.63, 3.8) is 0 Å². The fourth-order valence-corrected chi connectivity index (χ4v) is 13.5. The number of rotatable bonds is 21. The number of nitrogens with zero attached hydrogens (tertiary/aromatic N) is 18. The maximum Gasteiger partial charge on any atom is 0.410 e. The van der Waals surface area contributed by atoms with Gasteiger partial charge in [-0.25, -0.2) is 57.3 Å². The lowest BCUT2D eigenvalue weighted by molar-refractivity contribution is 0.0678. The van der Waals surface area contributed by atoms with Crippen LogP contribution in [0.25, 0.3) is 67.6 Å². The van der Waals surface area contributed by atoms with Crippen LogP contribution in [-0.2, 0) is 69.6 Å². The third-order valence-corrected chi connectivity index (χ3v) is 21.6. The van der Waals surface area contributed by atoms with Gasteiger partial charge in [0.05, 0.1) is 11.4 Å². The van der Waals surface area contributed by atoms with Crippen molar-refractivity contribution in [3.8, 4) is 45.6 Å². The van der Waals surface area contributed by atoms with Crippen LogP contribution in [0.15, 0.2) is 115 Å². The van der Waals surface area contributed by atoms with E-state index in [2.05, 4.69) is 104 Å². The number of sulfone groups is 1. The summed E-state index contributed by atoms with van der Waals surface area (Å²) in [7, 11) is -2.48. The third kappa shape index (κ3) is 19.2. The van der Waals surface area contributed by atoms with E-state index in [0.29, 0.717) is 86.7 Å². The van der Waals surface area contributed by atoms with Crippen LogP contribution in [0.2, 0.25) is 51.4 Å². The van der Waals surface area contributed by atoms with Crippen molar-refractivity contribution in [2.24, 2.45) is 19.8 Å². The van der Waals surface area contributed by atoms with Gasteiger partial charge in [0.15, 0.2) is 11.6 Å². The van der Waals surface area contributed by atoms with Gasteiger partial charge in [0.2, 0.25) is 20.9 Å². The first-order valence-electron chi connectivity index (χ1n) is 33.6. The van der Waals surface area contributed by atoms with Crippen molar-refractivity contribution in [1.82, 2.24) is 89.3 Å². The molecule has 2 aliphatic heterocycles. The molecule has 3 N–H and O–H groups in total. The molecule has 530 valence electrons. The zero-order valence-corrected chi connectivity index (χ0v) is 62.2. The summed E-state index contributed by atoms with van der Waals surface area (Å²) in [6.07, 6.45) is 11.5. The Morgan fingerprint density at radius 2 is 1.06 bits per heavy atom. The van der Waals surface area contributed by atoms with Gasteiger partial charge in [-0.2, -0.15) is 0 Å². The normalized spacial score (nSPS) is 16.6. The van der Waals surface area contributed by atoms with Gasteiger partial charge in [0.1, 0.15) is 49.4 Å². The first-order valence-corrected chi connectivity index (χ1v) is 42.9. The summed E-state index contributed by atoms with van der Waals surface area (Å²) in [5.74, 6) is 1.62. The summed E-state index contributed by atoms with van der Waals surface area (Å²) >= 11 is 0. The van der Waals surface area contributed by atoms with E-state index in [4.69, 9.17) is 39.6 Å². The standard InChI is InChI=1S/C34H44N10O3Si.C21H28N8O3SSi.C14H20N2O2/c1-23-18-35-33(36-26-13-12-24(2)44(19-26)34(45)47-21-25-10-8-7-9-11-25)38-30(23)28-20-43(22-46-16-17-48(4,5)6)31-27(28)14-15-29(37-31)32-39-40-41-42(32)3;1-14-11-22-21(33(3,30)31)24-18(14)16-12-29(13-32-9-10-34(4,5)6)19-15(16)7-8-17(23-19)20-25-26-27-28(20)2;1-11-7-8-13(15)9-16(11)14(17)18-10-12-5-3-2-4-6-12/h7-11,14-15,18,20,24,26H,12-13,16-17,19,21-22H2,1-6H3,(H,35,36,38);7-8,11-12H,9-10,13H2,1-6H3;2-6,11,13H,7-10,15H2,1H3/t24-,26-;;11-,13-/m0.0/s1. The topological polar surface area (TPSA) is 324 Å². The number of piperidine rings is 2. The van der Waals surface area contributed by atoms with Gasteiger partial charge in [-0.3, -0.25) is 0 Å². The number of hydrogen-bond donors (Lipinski definition) is 2. The molecule has 0 bridgehead atoms. The Kier molecular flexibility index (Phi) is 23.8. The SMILES string of the molecule is C[C@H]1CC[C@H](N)CN1C(=O)OCc1ccccc1.Cc1cnc(N[C@H]2CC[C@H](C)N(C(=O)OCc3ccccc3)C2)nc1-c1cn(COCC[Si](C)(C)C)c2nc(-c3nnnn3C)ccc12.Cc1cnc(S(C)(=O)=O)nc1-c1cn(COCC[Si](C)(C)C)c2nc(-c3nnnn3C)ccc12. The summed E-state index contributed by atoms with van der Waals surface area (Å²) in [6.45, 7) is 25.6. The number of benzene rings is 2. The van der Waals surface area contributed by atoms with E-state index in [0.717, 1.165) is 99.5 Å². The third-order valence-electron chi connectivity index (χ3n) is 17.4. The molecule has 2 saturated heterocycles. The largest absolute Gasteiger partial charge is 0.445 e. The number of aromatic nitrogens is 16. The number of likely N-dealkylation sites (tertiary alicyclic amines) is 2. The van der Waals surface area contributed by atoms with E-state index < -0.39 is 26.0 Å². The number of ether oxygens (including phenoxy) is 4. The van der Waals surface area contributed by atoms with Gasteiger partial charge in [-0.1, -0.05) is 99.9 Å². The van der Waals surface area contributed by atoms with E-state index in [9.17, 15) is 18.0 Å². The maximum absolute atomic E-state index is 13.1. The lowest BCUT2D eigenvalue weighted by Gasteiger charge is -2.37. The number of carbonyl (C=O) groups is 2. The zero-order chi connectivity index (χ0) is 71.5. The molecule has 10 aromatic rings. The molecule has 2 fully saturated rings. The minimum atomic E-state index is -3.56. The Balaban J connectivity index is 0.000000180. The highest BCUT2D eigenvalue weighted by Gasteiger charge is 2.32. The molecule has 31 heteroatoms. The summed E-state index contributed by atoms with van der Waals surface area (Å²) < 4.78 is 54.4. The van der Waals surface area contributed by atoms with Crippen LogP contribution in [0.5, 0.6) is 0 Å². The molecule has 2 amide bonds. The second kappa shape index (κ2) is 32.4. The number of tetrazole rings is 2. The average molecular weight is 1420 g/mol. The smallest absolute Gasteiger partial charge is 0.410 e. The molecule has 100 heavy (non-hydrogen) atoms. The van der Waals surface area contributed by atoms with Gasteiger partial charge >= 0.3 is 12.2 Å². The van der Waals surface area contributed by atoms with Crippen molar-refractivity contribution in [3.05, 3.63) is 132 Å². The Labute approximate surface area is 585 Å². The van der Waals surface area contributed by atoms with Gasteiger partial charge in [-0.05, 0) is 133 Å². The van der Waals surface area contributed by atoms with Crippen molar-refractivity contribution >= 4 is 66.2 Å². The highest BCUT2D eigenvalue weighted by Crippen LogP contribution is 2.35. The summed E-state index contributed by atoms with van der Waals surface area (Å²) in [5, 5.41) is 28.6. The predicted octanol–water partition coefficient (Wildman–Crippen LogP) is 10.7. The zero-order valence-electron chi connectivity index (χ0n) is 59.4. The van der Waals surface area contributed by atoms with Crippen LogP contribution >= 0.6 is 0 Å². The number of fused-ring (bicyclic) bond motifs is 2. The van der Waals surface area contributed by atoms with Crippen molar-refractivity contribution < 1.29 is 37.0 Å². The molecule has 8 aromatic heterocycles. The van der Waals surface area contributed by atoms with Crippen LogP contribution in [0, 0.1) is 13.8 Å². The van der Waals surface area contributed by atoms with Crippen molar-refractivity contribution in [1.29, 1.82) is 0 Å². The van der Waals surface area contributed by atoms with Crippen LogP contribution in [-0.4, -0.2) is 183 Å². The molecular weight excluding hydrogens is 1330 g/mol. The average Bonchev–Trinajstić information content (AvgIpc) is 1.61. The molecule has 28 nitrogen and oxygen atoms in total. The Hall–Kier alpha value is -9.28. The lowest BCUT2D eigenvalue weighted by atomic mass is 10.00. The van der Waals surface area contributed by atoms with Gasteiger partial charge in [-0.15, -0.1) is 10.2 Å². The molecule has 4 atom stereocenters. The summed E-state index contributed by atoms with van der Waals surface area (Å²) in [6, 6.07) is 29.6. The number of carbonyl (C=O) groups excluding carboxylic acids is 2. The molecule has 0 unspecified atom stereocenters. The van der Waals surface area contributed by atoms with Gasteiger partial charge in [0, 0.05) is 134 Å². The first-order chi connectivity index (χ1) is 47.7. The summed E-state index contributed by atoms with van der Waals surface area (Å²) in [5.41, 5.74) is 15.3. The Morgan fingerprint density at radius 1 is 0.600 bits per heavy atom. The van der Waals surface area contributed by atoms with E-state index in [1.54, 1.807) is 33.3 Å². The number of nitrogens with two attached hydrogens (primary N) is 1. The highest BCUT2D eigenvalue weighted by atomic mass is 32.2. The summed E-state index contributed by atoms with van der Waals surface area (Å²) in [4.78, 5) is 56.4. The number of hydrogen-bond acceptors (Lipinski definition) is 22. The fourth-order valence-electron chi connectivity index (χ4n) is 11.4. The number of anilines is 1. The van der Waals surface area contributed by atoms with Crippen LogP contribution in [0.4, 0.5) is 15.5 Å². The molecule has 2 aromatic carbocycles. The van der Waals surface area contributed by atoms with Gasteiger partial charge < -0.3 is 48.9 Å². The van der Waals surface area contributed by atoms with Crippen LogP contribution in [0.1, 0.15) is 61.8 Å². The van der Waals surface area contributed by atoms with E-state index in [1.165, 1.54) is 6.20 Å². The second-order valence-corrected chi connectivity index (χ2v) is 41.3. The highest BCUT2D eigenvalue weighted by molar-refractivity contribution is 7.90. The molecule has 10 heterocycles. The van der Waals surface area contributed by atoms with E-state index in [-0.39, 0.29) is 48.1 Å². The van der Waals surface area contributed by atoms with Crippen LogP contribution < -0.4 is 11.1 Å². The first kappa shape index (κ1) is 73.4. The predicted molar refractivity (Wildman–Crippen MR) is 387 cm³/mol. The molecule has 2 aliphatic rings. The van der Waals surface area contributed by atoms with Gasteiger partial charge in [0.25, 0.3) is 0 Å². The number of pyridine rings is 2. The molecule has 0 spiro atoms. The fraction of sp³-hybridized carbons (Fsp3) is 0.449. The minimum Gasteiger partial charge on any atom is -0.445 e. The van der Waals surface area contributed by atoms with Crippen molar-refractivity contribution in [2.45, 2.75) is 161 Å². The van der Waals surface area contributed by atoms with E-state index in [1.807, 2.05) is 127 Å². The van der Waals surface area contributed by atoms with Crippen LogP contribution in [0.3, 0.4) is 0 Å². The quantitative estimate of drug-likeness (QED) is 0.0383. The van der Waals surface area contributed by atoms with Crippen molar-refractivity contribution in [2.75, 3.05) is 37.9 Å². The Bertz CT molecular complexity index is 4540. The molecule has 12 rings (SSSR count).